The quantitative estimate of drug-likeness (QED) is 0.234. The van der Waals surface area contributed by atoms with Crippen LogP contribution >= 0.6 is 0 Å². The Bertz CT molecular complexity index is 1820. The van der Waals surface area contributed by atoms with E-state index in [0.29, 0.717) is 56.6 Å². The number of fused-ring (bicyclic) bond motifs is 2. The Labute approximate surface area is 258 Å². The van der Waals surface area contributed by atoms with Crippen molar-refractivity contribution in [2.24, 2.45) is 0 Å². The molecule has 0 saturated heterocycles. The van der Waals surface area contributed by atoms with Gasteiger partial charge in [0, 0.05) is 30.7 Å². The van der Waals surface area contributed by atoms with Crippen LogP contribution in [0.3, 0.4) is 0 Å². The van der Waals surface area contributed by atoms with Gasteiger partial charge in [0.1, 0.15) is 18.1 Å². The van der Waals surface area contributed by atoms with Crippen molar-refractivity contribution in [1.82, 2.24) is 24.9 Å². The lowest BCUT2D eigenvalue weighted by molar-refractivity contribution is -0.140. The molecule has 0 radical (unpaired) electrons. The van der Waals surface area contributed by atoms with Crippen LogP contribution in [0.5, 0.6) is 28.7 Å². The Morgan fingerprint density at radius 3 is 2.47 bits per heavy atom. The summed E-state index contributed by atoms with van der Waals surface area (Å²) in [5.74, 6) is 1.17. The number of nitrogens with zero attached hydrogens (tertiary/aromatic N) is 5. The number of hydrogen-bond donors (Lipinski definition) is 1. The van der Waals surface area contributed by atoms with Crippen molar-refractivity contribution >= 4 is 28.5 Å². The second-order valence-electron chi connectivity index (χ2n) is 10.0. The van der Waals surface area contributed by atoms with Gasteiger partial charge in [-0.1, -0.05) is 23.4 Å². The predicted octanol–water partition coefficient (Wildman–Crippen LogP) is 3.99. The van der Waals surface area contributed by atoms with Crippen molar-refractivity contribution in [3.63, 3.8) is 0 Å². The first-order valence-corrected chi connectivity index (χ1v) is 14.0. The SMILES string of the molecule is COc1cc(C(C(=O)Nc2ccc3c(c2)OCO3)N(Cc2cccnc2)C(=O)Cn2nnc3ccccc32)cc(OC)c1OC. The summed E-state index contributed by atoms with van der Waals surface area (Å²) >= 11 is 0. The Kier molecular flexibility index (Phi) is 8.31. The molecule has 0 fully saturated rings. The zero-order valence-electron chi connectivity index (χ0n) is 24.8. The van der Waals surface area contributed by atoms with E-state index in [1.54, 1.807) is 48.8 Å². The lowest BCUT2D eigenvalue weighted by Gasteiger charge is -2.32. The lowest BCUT2D eigenvalue weighted by atomic mass is 10.0. The van der Waals surface area contributed by atoms with Crippen LogP contribution in [0, 0.1) is 0 Å². The molecule has 2 aromatic heterocycles. The fourth-order valence-corrected chi connectivity index (χ4v) is 5.18. The van der Waals surface area contributed by atoms with Crippen LogP contribution in [0.25, 0.3) is 11.0 Å². The molecule has 0 saturated carbocycles. The van der Waals surface area contributed by atoms with Crippen molar-refractivity contribution in [1.29, 1.82) is 0 Å². The molecule has 0 aliphatic carbocycles. The highest BCUT2D eigenvalue weighted by Gasteiger charge is 2.34. The molecule has 3 heterocycles. The van der Waals surface area contributed by atoms with Crippen LogP contribution in [0.2, 0.25) is 0 Å². The Morgan fingerprint density at radius 2 is 1.73 bits per heavy atom. The van der Waals surface area contributed by atoms with Crippen LogP contribution in [0.1, 0.15) is 17.2 Å². The summed E-state index contributed by atoms with van der Waals surface area (Å²) in [5, 5.41) is 11.3. The number of nitrogens with one attached hydrogen (secondary N) is 1. The van der Waals surface area contributed by atoms with E-state index in [1.807, 2.05) is 30.3 Å². The van der Waals surface area contributed by atoms with Gasteiger partial charge in [-0.25, -0.2) is 4.68 Å². The van der Waals surface area contributed by atoms with Gasteiger partial charge in [0.15, 0.2) is 23.0 Å². The van der Waals surface area contributed by atoms with E-state index >= 15 is 0 Å². The molecule has 13 heteroatoms. The van der Waals surface area contributed by atoms with Crippen molar-refractivity contribution in [2.75, 3.05) is 33.4 Å². The zero-order chi connectivity index (χ0) is 31.3. The van der Waals surface area contributed by atoms with E-state index in [2.05, 4.69) is 20.6 Å². The Balaban J connectivity index is 1.45. The van der Waals surface area contributed by atoms with Crippen molar-refractivity contribution < 1.29 is 33.3 Å². The molecule has 1 unspecified atom stereocenters. The van der Waals surface area contributed by atoms with Gasteiger partial charge in [-0.2, -0.15) is 0 Å². The lowest BCUT2D eigenvalue weighted by Crippen LogP contribution is -2.42. The molecular formula is C32H30N6O7. The molecule has 2 amide bonds. The predicted molar refractivity (Wildman–Crippen MR) is 162 cm³/mol. The van der Waals surface area contributed by atoms with Crippen LogP contribution in [-0.2, 0) is 22.7 Å². The maximum Gasteiger partial charge on any atom is 0.251 e. The van der Waals surface area contributed by atoms with Crippen LogP contribution < -0.4 is 29.0 Å². The number of pyridine rings is 1. The molecule has 5 aromatic rings. The number of amides is 2. The molecule has 1 atom stereocenters. The highest BCUT2D eigenvalue weighted by atomic mass is 16.7. The van der Waals surface area contributed by atoms with E-state index in [9.17, 15) is 9.59 Å². The molecular weight excluding hydrogens is 580 g/mol. The molecule has 1 aliphatic rings. The smallest absolute Gasteiger partial charge is 0.251 e. The number of ether oxygens (including phenoxy) is 5. The van der Waals surface area contributed by atoms with E-state index in [-0.39, 0.29) is 19.9 Å². The molecule has 6 rings (SSSR count). The van der Waals surface area contributed by atoms with Crippen molar-refractivity contribution in [3.8, 4) is 28.7 Å². The summed E-state index contributed by atoms with van der Waals surface area (Å²) in [5.41, 5.74) is 2.91. The molecule has 45 heavy (non-hydrogen) atoms. The molecule has 0 spiro atoms. The summed E-state index contributed by atoms with van der Waals surface area (Å²) < 4.78 is 29.2. The number of benzene rings is 3. The van der Waals surface area contributed by atoms with E-state index in [1.165, 1.54) is 30.9 Å². The third-order valence-electron chi connectivity index (χ3n) is 7.30. The zero-order valence-corrected chi connectivity index (χ0v) is 24.8. The largest absolute Gasteiger partial charge is 0.493 e. The van der Waals surface area contributed by atoms with Gasteiger partial charge in [0.25, 0.3) is 5.91 Å². The summed E-state index contributed by atoms with van der Waals surface area (Å²) in [7, 11) is 4.46. The highest BCUT2D eigenvalue weighted by Crippen LogP contribution is 2.42. The topological polar surface area (TPSA) is 139 Å². The van der Waals surface area contributed by atoms with Crippen LogP contribution in [0.15, 0.2) is 79.1 Å². The van der Waals surface area contributed by atoms with Gasteiger partial charge in [-0.15, -0.1) is 5.10 Å². The average Bonchev–Trinajstić information content (AvgIpc) is 3.71. The second kappa shape index (κ2) is 12.8. The Hall–Kier alpha value is -5.85. The van der Waals surface area contributed by atoms with Crippen molar-refractivity contribution in [3.05, 3.63) is 90.3 Å². The number of rotatable bonds is 11. The molecule has 230 valence electrons. The first-order valence-electron chi connectivity index (χ1n) is 14.0. The number of carbonyl (C=O) groups is 2. The van der Waals surface area contributed by atoms with Gasteiger partial charge >= 0.3 is 0 Å². The third kappa shape index (κ3) is 6.00. The molecule has 3 aromatic carbocycles. The molecule has 1 N–H and O–H groups in total. The Morgan fingerprint density at radius 1 is 0.956 bits per heavy atom. The van der Waals surface area contributed by atoms with Crippen LogP contribution in [-0.4, -0.2) is 64.8 Å². The maximum atomic E-state index is 14.4. The monoisotopic (exact) mass is 610 g/mol. The minimum absolute atomic E-state index is 0.0508. The van der Waals surface area contributed by atoms with Gasteiger partial charge in [0.05, 0.1) is 26.8 Å². The van der Waals surface area contributed by atoms with E-state index in [0.717, 1.165) is 0 Å². The van der Waals surface area contributed by atoms with Crippen molar-refractivity contribution in [2.45, 2.75) is 19.1 Å². The summed E-state index contributed by atoms with van der Waals surface area (Å²) in [4.78, 5) is 34.4. The van der Waals surface area contributed by atoms with Gasteiger partial charge in [-0.3, -0.25) is 14.6 Å². The van der Waals surface area contributed by atoms with Gasteiger partial charge in [0.2, 0.25) is 18.4 Å². The maximum absolute atomic E-state index is 14.4. The summed E-state index contributed by atoms with van der Waals surface area (Å²) in [6.45, 7) is -0.0423. The molecule has 1 aliphatic heterocycles. The highest BCUT2D eigenvalue weighted by molar-refractivity contribution is 5.98. The van der Waals surface area contributed by atoms with Gasteiger partial charge < -0.3 is 33.9 Å². The first-order chi connectivity index (χ1) is 22.0. The number of hydrogen-bond acceptors (Lipinski definition) is 10. The standard InChI is InChI=1S/C32H30N6O7/c1-41-27-13-21(14-28(42-2)31(27)43-3)30(32(40)34-22-10-11-25-26(15-22)45-19-44-25)37(17-20-7-6-12-33-16-20)29(39)18-38-24-9-5-4-8-23(24)35-36-38/h4-16,30H,17-19H2,1-3H3,(H,34,40). The second-order valence-corrected chi connectivity index (χ2v) is 10.0. The van der Waals surface area contributed by atoms with Crippen LogP contribution in [0.4, 0.5) is 5.69 Å². The summed E-state index contributed by atoms with van der Waals surface area (Å²) in [6, 6.07) is 18.1. The molecule has 0 bridgehead atoms. The number of aromatic nitrogens is 4. The fourth-order valence-electron chi connectivity index (χ4n) is 5.18. The van der Waals surface area contributed by atoms with Gasteiger partial charge in [-0.05, 0) is 53.6 Å². The van der Waals surface area contributed by atoms with E-state index in [4.69, 9.17) is 23.7 Å². The molecule has 13 nitrogen and oxygen atoms in total. The first kappa shape index (κ1) is 29.2. The fraction of sp³-hybridized carbons (Fsp3) is 0.219. The van der Waals surface area contributed by atoms with E-state index < -0.39 is 17.9 Å². The number of para-hydroxylation sites is 1. The number of anilines is 1. The number of carbonyl (C=O) groups excluding carboxylic acids is 2. The normalized spacial score (nSPS) is 12.4. The number of methoxy groups -OCH3 is 3. The average molecular weight is 611 g/mol. The summed E-state index contributed by atoms with van der Waals surface area (Å²) in [6.07, 6.45) is 3.29. The minimum atomic E-state index is -1.17. The third-order valence-corrected chi connectivity index (χ3v) is 7.30. The minimum Gasteiger partial charge on any atom is -0.493 e.